The molecule has 0 aromatic heterocycles. The molecule has 5 nitrogen and oxygen atoms in total. The Labute approximate surface area is 171 Å². The number of sulfonamides is 1. The molecule has 1 amide bonds. The summed E-state index contributed by atoms with van der Waals surface area (Å²) in [7, 11) is -3.22. The fourth-order valence-corrected chi connectivity index (χ4v) is 5.07. The van der Waals surface area contributed by atoms with Crippen LogP contribution >= 0.6 is 0 Å². The van der Waals surface area contributed by atoms with Gasteiger partial charge in [0, 0.05) is 17.8 Å². The molecule has 0 atom stereocenters. The standard InChI is InChI=1S/C23H22N2O3S/c1-17-16-21(25-14-5-15-29(25,27)28)12-13-22(17)24-23(26)20-10-8-19(9-11-20)18-6-3-2-4-7-18/h2-4,6-13,16H,5,14-15H2,1H3,(H,24,26). The molecule has 148 valence electrons. The molecule has 0 unspecified atom stereocenters. The van der Waals surface area contributed by atoms with E-state index in [0.29, 0.717) is 29.9 Å². The largest absolute Gasteiger partial charge is 0.322 e. The molecule has 0 aliphatic carbocycles. The molecule has 0 spiro atoms. The number of amides is 1. The molecule has 0 bridgehead atoms. The monoisotopic (exact) mass is 406 g/mol. The molecule has 29 heavy (non-hydrogen) atoms. The lowest BCUT2D eigenvalue weighted by molar-refractivity contribution is 0.102. The fraction of sp³-hybridized carbons (Fsp3) is 0.174. The van der Waals surface area contributed by atoms with E-state index in [1.807, 2.05) is 49.4 Å². The number of anilines is 2. The highest BCUT2D eigenvalue weighted by Gasteiger charge is 2.28. The van der Waals surface area contributed by atoms with Crippen LogP contribution in [0.1, 0.15) is 22.3 Å². The van der Waals surface area contributed by atoms with Crippen molar-refractivity contribution in [1.29, 1.82) is 0 Å². The lowest BCUT2D eigenvalue weighted by atomic mass is 10.0. The van der Waals surface area contributed by atoms with Crippen molar-refractivity contribution in [2.45, 2.75) is 13.3 Å². The summed E-state index contributed by atoms with van der Waals surface area (Å²) in [4.78, 5) is 12.6. The lowest BCUT2D eigenvalue weighted by Crippen LogP contribution is -2.25. The van der Waals surface area contributed by atoms with E-state index in [1.165, 1.54) is 4.31 Å². The maximum atomic E-state index is 12.6. The van der Waals surface area contributed by atoms with E-state index >= 15 is 0 Å². The Morgan fingerprint density at radius 1 is 0.931 bits per heavy atom. The van der Waals surface area contributed by atoms with Gasteiger partial charge in [-0.25, -0.2) is 8.42 Å². The first kappa shape index (κ1) is 19.2. The van der Waals surface area contributed by atoms with E-state index in [2.05, 4.69) is 5.32 Å². The third-order valence-electron chi connectivity index (χ3n) is 5.10. The van der Waals surface area contributed by atoms with Gasteiger partial charge in [0.25, 0.3) is 5.91 Å². The SMILES string of the molecule is Cc1cc(N2CCCS2(=O)=O)ccc1NC(=O)c1ccc(-c2ccccc2)cc1. The zero-order valence-corrected chi connectivity index (χ0v) is 16.9. The van der Waals surface area contributed by atoms with Crippen LogP contribution in [0.5, 0.6) is 0 Å². The second-order valence-corrected chi connectivity index (χ2v) is 9.15. The summed E-state index contributed by atoms with van der Waals surface area (Å²) in [6.45, 7) is 2.36. The van der Waals surface area contributed by atoms with Gasteiger partial charge in [-0.15, -0.1) is 0 Å². The molecule has 0 saturated carbocycles. The third-order valence-corrected chi connectivity index (χ3v) is 6.97. The van der Waals surface area contributed by atoms with Gasteiger partial charge in [0.15, 0.2) is 0 Å². The van der Waals surface area contributed by atoms with E-state index in [4.69, 9.17) is 0 Å². The van der Waals surface area contributed by atoms with Crippen LogP contribution in [0.25, 0.3) is 11.1 Å². The van der Waals surface area contributed by atoms with Crippen LogP contribution in [0.4, 0.5) is 11.4 Å². The summed E-state index contributed by atoms with van der Waals surface area (Å²) in [6, 6.07) is 22.8. The van der Waals surface area contributed by atoms with Gasteiger partial charge in [0.05, 0.1) is 11.4 Å². The number of nitrogens with zero attached hydrogens (tertiary/aromatic N) is 1. The predicted octanol–water partition coefficient (Wildman–Crippen LogP) is 4.45. The second kappa shape index (κ2) is 7.72. The summed E-state index contributed by atoms with van der Waals surface area (Å²) in [6.07, 6.45) is 0.638. The number of hydrogen-bond donors (Lipinski definition) is 1. The van der Waals surface area contributed by atoms with Crippen LogP contribution in [0, 0.1) is 6.92 Å². The minimum absolute atomic E-state index is 0.184. The van der Waals surface area contributed by atoms with E-state index in [-0.39, 0.29) is 11.7 Å². The first-order valence-corrected chi connectivity index (χ1v) is 11.1. The average Bonchev–Trinajstić information content (AvgIpc) is 3.09. The van der Waals surface area contributed by atoms with Crippen LogP contribution in [0.3, 0.4) is 0 Å². The summed E-state index contributed by atoms with van der Waals surface area (Å²) in [5.74, 6) is -0.0157. The zero-order valence-electron chi connectivity index (χ0n) is 16.1. The number of benzene rings is 3. The van der Waals surface area contributed by atoms with Gasteiger partial charge in [-0.05, 0) is 60.4 Å². The van der Waals surface area contributed by atoms with Crippen molar-refractivity contribution in [2.75, 3.05) is 21.9 Å². The Bertz CT molecular complexity index is 1140. The van der Waals surface area contributed by atoms with Crippen LogP contribution < -0.4 is 9.62 Å². The van der Waals surface area contributed by atoms with Crippen molar-refractivity contribution in [3.8, 4) is 11.1 Å². The van der Waals surface area contributed by atoms with Gasteiger partial charge < -0.3 is 5.32 Å². The van der Waals surface area contributed by atoms with E-state index in [0.717, 1.165) is 16.7 Å². The summed E-state index contributed by atoms with van der Waals surface area (Å²) >= 11 is 0. The molecule has 1 fully saturated rings. The number of carbonyl (C=O) groups excluding carboxylic acids is 1. The topological polar surface area (TPSA) is 66.5 Å². The maximum Gasteiger partial charge on any atom is 0.255 e. The van der Waals surface area contributed by atoms with Crippen LogP contribution in [-0.2, 0) is 10.0 Å². The zero-order chi connectivity index (χ0) is 20.4. The Morgan fingerprint density at radius 3 is 2.24 bits per heavy atom. The average molecular weight is 407 g/mol. The molecule has 1 aliphatic rings. The lowest BCUT2D eigenvalue weighted by Gasteiger charge is -2.18. The highest BCUT2D eigenvalue weighted by atomic mass is 32.2. The molecule has 1 heterocycles. The molecular weight excluding hydrogens is 384 g/mol. The molecular formula is C23H22N2O3S. The molecule has 3 aromatic rings. The highest BCUT2D eigenvalue weighted by Crippen LogP contribution is 2.28. The van der Waals surface area contributed by atoms with E-state index < -0.39 is 10.0 Å². The predicted molar refractivity (Wildman–Crippen MR) is 117 cm³/mol. The first-order valence-electron chi connectivity index (χ1n) is 9.52. The summed E-state index contributed by atoms with van der Waals surface area (Å²) < 4.78 is 25.7. The van der Waals surface area contributed by atoms with Crippen molar-refractivity contribution < 1.29 is 13.2 Å². The maximum absolute atomic E-state index is 12.6. The van der Waals surface area contributed by atoms with Gasteiger partial charge in [-0.3, -0.25) is 9.10 Å². The molecule has 0 radical (unpaired) electrons. The minimum atomic E-state index is -3.22. The Balaban J connectivity index is 1.50. The van der Waals surface area contributed by atoms with Gasteiger partial charge in [-0.1, -0.05) is 42.5 Å². The summed E-state index contributed by atoms with van der Waals surface area (Å²) in [5.41, 5.74) is 4.85. The molecule has 1 aliphatic heterocycles. The van der Waals surface area contributed by atoms with Crippen molar-refractivity contribution in [3.05, 3.63) is 83.9 Å². The Hall–Kier alpha value is -3.12. The Morgan fingerprint density at radius 2 is 1.62 bits per heavy atom. The van der Waals surface area contributed by atoms with Gasteiger partial charge >= 0.3 is 0 Å². The van der Waals surface area contributed by atoms with E-state index in [1.54, 1.807) is 30.3 Å². The highest BCUT2D eigenvalue weighted by molar-refractivity contribution is 7.93. The van der Waals surface area contributed by atoms with Gasteiger partial charge in [0.1, 0.15) is 0 Å². The molecule has 1 N–H and O–H groups in total. The number of carbonyl (C=O) groups is 1. The number of aryl methyl sites for hydroxylation is 1. The van der Waals surface area contributed by atoms with Crippen molar-refractivity contribution >= 4 is 27.3 Å². The van der Waals surface area contributed by atoms with Crippen LogP contribution in [0.2, 0.25) is 0 Å². The molecule has 4 rings (SSSR count). The van der Waals surface area contributed by atoms with Gasteiger partial charge in [-0.2, -0.15) is 0 Å². The molecule has 6 heteroatoms. The third kappa shape index (κ3) is 4.03. The number of hydrogen-bond acceptors (Lipinski definition) is 3. The number of nitrogens with one attached hydrogen (secondary N) is 1. The number of rotatable bonds is 4. The Kier molecular flexibility index (Phi) is 5.11. The smallest absolute Gasteiger partial charge is 0.255 e. The van der Waals surface area contributed by atoms with E-state index in [9.17, 15) is 13.2 Å². The minimum Gasteiger partial charge on any atom is -0.322 e. The van der Waals surface area contributed by atoms with Crippen LogP contribution in [0.15, 0.2) is 72.8 Å². The quantitative estimate of drug-likeness (QED) is 0.696. The molecule has 1 saturated heterocycles. The summed E-state index contributed by atoms with van der Waals surface area (Å²) in [5, 5.41) is 2.92. The van der Waals surface area contributed by atoms with Gasteiger partial charge in [0.2, 0.25) is 10.0 Å². The normalized spacial score (nSPS) is 15.3. The van der Waals surface area contributed by atoms with Crippen molar-refractivity contribution in [1.82, 2.24) is 0 Å². The first-order chi connectivity index (χ1) is 13.9. The van der Waals surface area contributed by atoms with Crippen molar-refractivity contribution in [2.24, 2.45) is 0 Å². The molecule has 3 aromatic carbocycles. The van der Waals surface area contributed by atoms with Crippen LogP contribution in [-0.4, -0.2) is 26.6 Å². The second-order valence-electron chi connectivity index (χ2n) is 7.14. The van der Waals surface area contributed by atoms with Crippen molar-refractivity contribution in [3.63, 3.8) is 0 Å². The fourth-order valence-electron chi connectivity index (χ4n) is 3.51.